The van der Waals surface area contributed by atoms with Gasteiger partial charge in [0, 0.05) is 32.2 Å². The minimum atomic E-state index is -0.536. The Morgan fingerprint density at radius 3 is 2.50 bits per heavy atom. The molecule has 1 atom stereocenters. The molecule has 6 nitrogen and oxygen atoms in total. The topological polar surface area (TPSA) is 54.4 Å². The Hall–Kier alpha value is -1.34. The summed E-state index contributed by atoms with van der Waals surface area (Å²) in [6.45, 7) is 9.05. The lowest BCUT2D eigenvalue weighted by Gasteiger charge is -2.47. The summed E-state index contributed by atoms with van der Waals surface area (Å²) in [7, 11) is 3.66. The van der Waals surface area contributed by atoms with Crippen LogP contribution in [0.3, 0.4) is 0 Å². The van der Waals surface area contributed by atoms with Crippen molar-refractivity contribution in [3.8, 4) is 11.5 Å². The van der Waals surface area contributed by atoms with Crippen LogP contribution in [0.2, 0.25) is 0 Å². The van der Waals surface area contributed by atoms with Gasteiger partial charge in [-0.2, -0.15) is 0 Å². The van der Waals surface area contributed by atoms with E-state index >= 15 is 0 Å². The summed E-state index contributed by atoms with van der Waals surface area (Å²) >= 11 is 0. The Kier molecular flexibility index (Phi) is 7.20. The van der Waals surface area contributed by atoms with Crippen LogP contribution in [0.15, 0.2) is 18.2 Å². The van der Waals surface area contributed by atoms with Crippen molar-refractivity contribution in [1.29, 1.82) is 0 Å². The minimum absolute atomic E-state index is 0.191. The summed E-state index contributed by atoms with van der Waals surface area (Å²) in [5.41, 5.74) is 1.41. The molecule has 1 aromatic rings. The quantitative estimate of drug-likeness (QED) is 0.697. The first kappa shape index (κ1) is 21.4. The average molecular weight is 393 g/mol. The lowest BCUT2D eigenvalue weighted by Crippen LogP contribution is -2.52. The van der Waals surface area contributed by atoms with E-state index < -0.39 is 6.10 Å². The van der Waals surface area contributed by atoms with E-state index in [0.717, 1.165) is 44.8 Å². The van der Waals surface area contributed by atoms with Gasteiger partial charge < -0.3 is 24.2 Å². The maximum absolute atomic E-state index is 10.2. The van der Waals surface area contributed by atoms with Crippen LogP contribution in [0.4, 0.5) is 0 Å². The summed E-state index contributed by atoms with van der Waals surface area (Å²) in [6, 6.07) is 6.48. The summed E-state index contributed by atoms with van der Waals surface area (Å²) in [5.74, 6) is 1.40. The molecule has 158 valence electrons. The van der Waals surface area contributed by atoms with Crippen LogP contribution in [-0.4, -0.2) is 79.7 Å². The lowest BCUT2D eigenvalue weighted by atomic mass is 9.84. The highest BCUT2D eigenvalue weighted by Gasteiger charge is 2.40. The number of likely N-dealkylation sites (N-methyl/N-ethyl adjacent to an activating group) is 1. The first-order valence-corrected chi connectivity index (χ1v) is 10.4. The largest absolute Gasteiger partial charge is 0.493 e. The van der Waals surface area contributed by atoms with Gasteiger partial charge in [-0.05, 0) is 57.9 Å². The van der Waals surface area contributed by atoms with Crippen molar-refractivity contribution in [3.05, 3.63) is 23.8 Å². The van der Waals surface area contributed by atoms with Crippen LogP contribution in [0, 0.1) is 0 Å². The number of aliphatic hydroxyl groups is 1. The molecule has 2 aliphatic heterocycles. The first-order chi connectivity index (χ1) is 13.4. The molecule has 0 saturated carbocycles. The van der Waals surface area contributed by atoms with Crippen molar-refractivity contribution in [2.24, 2.45) is 0 Å². The second kappa shape index (κ2) is 9.44. The van der Waals surface area contributed by atoms with Crippen molar-refractivity contribution in [3.63, 3.8) is 0 Å². The van der Waals surface area contributed by atoms with E-state index in [0.29, 0.717) is 18.3 Å². The fraction of sp³-hybridized carbons (Fsp3) is 0.727. The molecule has 0 radical (unpaired) electrons. The standard InChI is InChI=1S/C22H36N2O4/c1-17(2)23(3)15-19(25)16-27-20-6-5-18(13-21(20)26-4)14-24-10-7-22(8-11-24)9-12-28-22/h5-6,13,17,19,25H,7-12,14-16H2,1-4H3. The molecule has 0 bridgehead atoms. The summed E-state index contributed by atoms with van der Waals surface area (Å²) < 4.78 is 17.2. The average Bonchev–Trinajstić information content (AvgIpc) is 2.66. The van der Waals surface area contributed by atoms with Crippen LogP contribution < -0.4 is 9.47 Å². The fourth-order valence-electron chi connectivity index (χ4n) is 3.87. The van der Waals surface area contributed by atoms with E-state index in [1.54, 1.807) is 7.11 Å². The van der Waals surface area contributed by atoms with Gasteiger partial charge in [0.1, 0.15) is 12.7 Å². The highest BCUT2D eigenvalue weighted by Crippen LogP contribution is 2.37. The zero-order valence-corrected chi connectivity index (χ0v) is 17.8. The molecular formula is C22H36N2O4. The van der Waals surface area contributed by atoms with Gasteiger partial charge in [0.15, 0.2) is 11.5 Å². The zero-order chi connectivity index (χ0) is 20.1. The maximum atomic E-state index is 10.2. The van der Waals surface area contributed by atoms with Crippen molar-refractivity contribution in [1.82, 2.24) is 9.80 Å². The van der Waals surface area contributed by atoms with Gasteiger partial charge in [0.25, 0.3) is 0 Å². The highest BCUT2D eigenvalue weighted by molar-refractivity contribution is 5.43. The Labute approximate surface area is 169 Å². The molecule has 6 heteroatoms. The van der Waals surface area contributed by atoms with E-state index in [2.05, 4.69) is 29.7 Å². The molecule has 0 aromatic heterocycles. The number of piperidine rings is 1. The summed E-state index contributed by atoms with van der Waals surface area (Å²) in [5, 5.41) is 10.2. The highest BCUT2D eigenvalue weighted by atomic mass is 16.5. The maximum Gasteiger partial charge on any atom is 0.161 e. The SMILES string of the molecule is COc1cc(CN2CCC3(CCO3)CC2)ccc1OCC(O)CN(C)C(C)C. The van der Waals surface area contributed by atoms with Gasteiger partial charge in [-0.1, -0.05) is 6.07 Å². The smallest absolute Gasteiger partial charge is 0.161 e. The second-order valence-electron chi connectivity index (χ2n) is 8.54. The van der Waals surface area contributed by atoms with Gasteiger partial charge in [-0.25, -0.2) is 0 Å². The number of benzene rings is 1. The molecular weight excluding hydrogens is 356 g/mol. The predicted octanol–water partition coefficient (Wildman–Crippen LogP) is 2.53. The predicted molar refractivity (Wildman–Crippen MR) is 110 cm³/mol. The molecule has 3 rings (SSSR count). The molecule has 2 fully saturated rings. The van der Waals surface area contributed by atoms with Gasteiger partial charge >= 0.3 is 0 Å². The molecule has 2 heterocycles. The van der Waals surface area contributed by atoms with Gasteiger partial charge in [0.2, 0.25) is 0 Å². The van der Waals surface area contributed by atoms with E-state index in [4.69, 9.17) is 14.2 Å². The number of hydrogen-bond acceptors (Lipinski definition) is 6. The zero-order valence-electron chi connectivity index (χ0n) is 17.8. The van der Waals surface area contributed by atoms with E-state index in [1.165, 1.54) is 12.0 Å². The minimum Gasteiger partial charge on any atom is -0.493 e. The number of ether oxygens (including phenoxy) is 3. The van der Waals surface area contributed by atoms with E-state index in [9.17, 15) is 5.11 Å². The molecule has 2 saturated heterocycles. The molecule has 28 heavy (non-hydrogen) atoms. The third kappa shape index (κ3) is 5.38. The fourth-order valence-corrected chi connectivity index (χ4v) is 3.87. The Balaban J connectivity index is 1.50. The summed E-state index contributed by atoms with van der Waals surface area (Å²) in [4.78, 5) is 4.58. The second-order valence-corrected chi connectivity index (χ2v) is 8.54. The normalized spacial score (nSPS) is 20.4. The molecule has 1 aromatic carbocycles. The Morgan fingerprint density at radius 2 is 1.93 bits per heavy atom. The van der Waals surface area contributed by atoms with Crippen molar-refractivity contribution in [2.45, 2.75) is 57.4 Å². The lowest BCUT2D eigenvalue weighted by molar-refractivity contribution is -0.173. The number of nitrogens with zero attached hydrogens (tertiary/aromatic N) is 2. The van der Waals surface area contributed by atoms with Crippen LogP contribution >= 0.6 is 0 Å². The number of rotatable bonds is 9. The van der Waals surface area contributed by atoms with Gasteiger partial charge in [-0.3, -0.25) is 4.90 Å². The number of aliphatic hydroxyl groups excluding tert-OH is 1. The van der Waals surface area contributed by atoms with Crippen LogP contribution in [0.25, 0.3) is 0 Å². The van der Waals surface area contributed by atoms with Crippen LogP contribution in [0.1, 0.15) is 38.7 Å². The molecule has 0 aliphatic carbocycles. The number of methoxy groups -OCH3 is 1. The molecule has 2 aliphatic rings. The molecule has 1 spiro atoms. The van der Waals surface area contributed by atoms with Crippen LogP contribution in [0.5, 0.6) is 11.5 Å². The van der Waals surface area contributed by atoms with Crippen molar-refractivity contribution >= 4 is 0 Å². The number of likely N-dealkylation sites (tertiary alicyclic amines) is 1. The molecule has 1 unspecified atom stereocenters. The van der Waals surface area contributed by atoms with Gasteiger partial charge in [0.05, 0.1) is 19.3 Å². The van der Waals surface area contributed by atoms with E-state index in [-0.39, 0.29) is 12.2 Å². The molecule has 0 amide bonds. The van der Waals surface area contributed by atoms with Gasteiger partial charge in [-0.15, -0.1) is 0 Å². The summed E-state index contributed by atoms with van der Waals surface area (Å²) in [6.07, 6.45) is 2.95. The first-order valence-electron chi connectivity index (χ1n) is 10.4. The van der Waals surface area contributed by atoms with Crippen molar-refractivity contribution in [2.75, 3.05) is 47.0 Å². The van der Waals surface area contributed by atoms with Crippen molar-refractivity contribution < 1.29 is 19.3 Å². The van der Waals surface area contributed by atoms with E-state index in [1.807, 2.05) is 19.2 Å². The number of hydrogen-bond donors (Lipinski definition) is 1. The van der Waals surface area contributed by atoms with Crippen LogP contribution in [-0.2, 0) is 11.3 Å². The third-order valence-electron chi connectivity index (χ3n) is 6.18. The third-order valence-corrected chi connectivity index (χ3v) is 6.18. The molecule has 1 N–H and O–H groups in total. The Morgan fingerprint density at radius 1 is 1.21 bits per heavy atom. The monoisotopic (exact) mass is 392 g/mol. The Bertz CT molecular complexity index is 623.